The normalized spacial score (nSPS) is 18.9. The Morgan fingerprint density at radius 1 is 0.900 bits per heavy atom. The number of carbonyl (C=O) groups is 4. The number of fused-ring (bicyclic) bond motifs is 1. The number of benzene rings is 1. The first-order chi connectivity index (χ1) is 9.52. The molecule has 0 unspecified atom stereocenters. The van der Waals surface area contributed by atoms with Gasteiger partial charge in [-0.05, 0) is 34.5 Å². The van der Waals surface area contributed by atoms with E-state index in [1.807, 2.05) is 0 Å². The van der Waals surface area contributed by atoms with E-state index in [4.69, 9.17) is 0 Å². The zero-order chi connectivity index (χ0) is 14.4. The highest BCUT2D eigenvalue weighted by molar-refractivity contribution is 9.10. The Morgan fingerprint density at radius 3 is 2.15 bits per heavy atom. The Kier molecular flexibility index (Phi) is 2.93. The Bertz CT molecular complexity index is 654. The molecule has 7 heteroatoms. The molecule has 3 rings (SSSR count). The topological polar surface area (TPSA) is 74.8 Å². The number of hydrazine groups is 1. The number of nitrogens with zero attached hydrogens (tertiary/aromatic N) is 2. The van der Waals surface area contributed by atoms with E-state index in [2.05, 4.69) is 15.9 Å². The summed E-state index contributed by atoms with van der Waals surface area (Å²) in [6, 6.07) is 4.75. The predicted octanol–water partition coefficient (Wildman–Crippen LogP) is 1.50. The molecule has 0 N–H and O–H groups in total. The minimum absolute atomic E-state index is 0.153. The molecule has 0 radical (unpaired) electrons. The lowest BCUT2D eigenvalue weighted by molar-refractivity contribution is -0.160. The summed E-state index contributed by atoms with van der Waals surface area (Å²) in [7, 11) is 0. The fourth-order valence-corrected chi connectivity index (χ4v) is 2.91. The molecule has 2 aliphatic heterocycles. The van der Waals surface area contributed by atoms with Crippen LogP contribution in [0.25, 0.3) is 0 Å². The molecule has 20 heavy (non-hydrogen) atoms. The standard InChI is InChI=1S/C13H9BrN2O4/c14-8-4-1-3-7-11(8)13(20)16(12(7)19)15-9(17)5-2-6-10(15)18/h1,3-4H,2,5-6H2. The van der Waals surface area contributed by atoms with Gasteiger partial charge in [0.25, 0.3) is 11.8 Å². The summed E-state index contributed by atoms with van der Waals surface area (Å²) in [5.41, 5.74) is 0.374. The van der Waals surface area contributed by atoms with Crippen LogP contribution >= 0.6 is 15.9 Å². The van der Waals surface area contributed by atoms with Crippen molar-refractivity contribution in [3.05, 3.63) is 33.8 Å². The summed E-state index contributed by atoms with van der Waals surface area (Å²) < 4.78 is 0.466. The van der Waals surface area contributed by atoms with Gasteiger partial charge in [0.15, 0.2) is 0 Å². The van der Waals surface area contributed by atoms with E-state index in [1.165, 1.54) is 6.07 Å². The summed E-state index contributed by atoms with van der Waals surface area (Å²) in [5.74, 6) is -2.34. The van der Waals surface area contributed by atoms with Gasteiger partial charge in [-0.1, -0.05) is 6.07 Å². The first-order valence-corrected chi connectivity index (χ1v) is 6.84. The zero-order valence-electron chi connectivity index (χ0n) is 10.3. The molecule has 1 aromatic rings. The van der Waals surface area contributed by atoms with Gasteiger partial charge in [-0.2, -0.15) is 10.0 Å². The van der Waals surface area contributed by atoms with Crippen molar-refractivity contribution in [2.45, 2.75) is 19.3 Å². The van der Waals surface area contributed by atoms with E-state index in [0.717, 1.165) is 0 Å². The Hall–Kier alpha value is -2.02. The Labute approximate surface area is 122 Å². The Morgan fingerprint density at radius 2 is 1.55 bits per heavy atom. The van der Waals surface area contributed by atoms with Crippen LogP contribution in [0.2, 0.25) is 0 Å². The minimum Gasteiger partial charge on any atom is -0.273 e. The zero-order valence-corrected chi connectivity index (χ0v) is 11.8. The maximum absolute atomic E-state index is 12.3. The molecule has 0 bridgehead atoms. The third-order valence-corrected chi connectivity index (χ3v) is 3.96. The number of halogens is 1. The van der Waals surface area contributed by atoms with Gasteiger partial charge < -0.3 is 0 Å². The first-order valence-electron chi connectivity index (χ1n) is 6.05. The molecule has 102 valence electrons. The summed E-state index contributed by atoms with van der Waals surface area (Å²) >= 11 is 3.21. The van der Waals surface area contributed by atoms with Crippen molar-refractivity contribution in [3.63, 3.8) is 0 Å². The van der Waals surface area contributed by atoms with Crippen LogP contribution < -0.4 is 0 Å². The largest absolute Gasteiger partial charge is 0.282 e. The number of rotatable bonds is 1. The van der Waals surface area contributed by atoms with E-state index in [-0.39, 0.29) is 24.0 Å². The molecule has 0 atom stereocenters. The van der Waals surface area contributed by atoms with E-state index >= 15 is 0 Å². The quantitative estimate of drug-likeness (QED) is 0.728. The smallest absolute Gasteiger partial charge is 0.273 e. The number of amides is 4. The van der Waals surface area contributed by atoms with Crippen molar-refractivity contribution in [3.8, 4) is 0 Å². The van der Waals surface area contributed by atoms with Crippen LogP contribution in [0.3, 0.4) is 0 Å². The van der Waals surface area contributed by atoms with E-state index in [1.54, 1.807) is 12.1 Å². The first kappa shape index (κ1) is 13.0. The third-order valence-electron chi connectivity index (χ3n) is 3.30. The van der Waals surface area contributed by atoms with Gasteiger partial charge in [0, 0.05) is 17.3 Å². The molecule has 2 aliphatic rings. The van der Waals surface area contributed by atoms with Gasteiger partial charge >= 0.3 is 0 Å². The van der Waals surface area contributed by atoms with Crippen molar-refractivity contribution in [1.82, 2.24) is 10.0 Å². The molecular formula is C13H9BrN2O4. The maximum Gasteiger partial charge on any atom is 0.282 e. The minimum atomic E-state index is -0.652. The highest BCUT2D eigenvalue weighted by Gasteiger charge is 2.45. The number of imide groups is 2. The average molecular weight is 337 g/mol. The molecule has 1 saturated heterocycles. The van der Waals surface area contributed by atoms with Gasteiger partial charge in [0.05, 0.1) is 11.1 Å². The van der Waals surface area contributed by atoms with Crippen LogP contribution in [0.4, 0.5) is 0 Å². The van der Waals surface area contributed by atoms with Crippen LogP contribution in [0, 0.1) is 0 Å². The van der Waals surface area contributed by atoms with Crippen molar-refractivity contribution in [1.29, 1.82) is 0 Å². The fraction of sp³-hybridized carbons (Fsp3) is 0.231. The second-order valence-corrected chi connectivity index (χ2v) is 5.39. The second kappa shape index (κ2) is 4.52. The van der Waals surface area contributed by atoms with Crippen molar-refractivity contribution in [2.24, 2.45) is 0 Å². The van der Waals surface area contributed by atoms with Crippen molar-refractivity contribution < 1.29 is 19.2 Å². The maximum atomic E-state index is 12.3. The molecule has 0 aromatic heterocycles. The molecule has 0 aliphatic carbocycles. The monoisotopic (exact) mass is 336 g/mol. The molecule has 6 nitrogen and oxygen atoms in total. The fourth-order valence-electron chi connectivity index (χ4n) is 2.38. The van der Waals surface area contributed by atoms with E-state index in [0.29, 0.717) is 20.9 Å². The van der Waals surface area contributed by atoms with E-state index < -0.39 is 23.6 Å². The molecule has 1 aromatic carbocycles. The lowest BCUT2D eigenvalue weighted by Gasteiger charge is -2.30. The highest BCUT2D eigenvalue weighted by atomic mass is 79.9. The molecular weight excluding hydrogens is 328 g/mol. The van der Waals surface area contributed by atoms with Crippen LogP contribution in [-0.4, -0.2) is 33.6 Å². The molecule has 1 fully saturated rings. The van der Waals surface area contributed by atoms with Gasteiger partial charge in [-0.25, -0.2) is 0 Å². The highest BCUT2D eigenvalue weighted by Crippen LogP contribution is 2.31. The van der Waals surface area contributed by atoms with Gasteiger partial charge in [0.2, 0.25) is 11.8 Å². The third kappa shape index (κ3) is 1.70. The van der Waals surface area contributed by atoms with Crippen LogP contribution in [0.15, 0.2) is 22.7 Å². The number of piperidine rings is 1. The van der Waals surface area contributed by atoms with E-state index in [9.17, 15) is 19.2 Å². The number of carbonyl (C=O) groups excluding carboxylic acids is 4. The lowest BCUT2D eigenvalue weighted by Crippen LogP contribution is -2.54. The summed E-state index contributed by atoms with van der Waals surface area (Å²) in [6.45, 7) is 0. The van der Waals surface area contributed by atoms with Gasteiger partial charge in [-0.15, -0.1) is 0 Å². The molecule has 4 amide bonds. The predicted molar refractivity (Wildman–Crippen MR) is 70.3 cm³/mol. The lowest BCUT2D eigenvalue weighted by atomic mass is 10.1. The van der Waals surface area contributed by atoms with Gasteiger partial charge in [-0.3, -0.25) is 19.2 Å². The number of hydrogen-bond donors (Lipinski definition) is 0. The second-order valence-electron chi connectivity index (χ2n) is 4.54. The van der Waals surface area contributed by atoms with Crippen LogP contribution in [0.1, 0.15) is 40.0 Å². The van der Waals surface area contributed by atoms with Crippen LogP contribution in [-0.2, 0) is 9.59 Å². The summed E-state index contributed by atoms with van der Waals surface area (Å²) in [6.07, 6.45) is 0.752. The van der Waals surface area contributed by atoms with Crippen molar-refractivity contribution >= 4 is 39.6 Å². The summed E-state index contributed by atoms with van der Waals surface area (Å²) in [5, 5.41) is 1.33. The SMILES string of the molecule is O=C1CCCC(=O)N1N1C(=O)c2cccc(Br)c2C1=O. The molecule has 2 heterocycles. The van der Waals surface area contributed by atoms with Gasteiger partial charge in [0.1, 0.15) is 0 Å². The molecule has 0 spiro atoms. The summed E-state index contributed by atoms with van der Waals surface area (Å²) in [4.78, 5) is 48.4. The number of hydrogen-bond acceptors (Lipinski definition) is 4. The van der Waals surface area contributed by atoms with Crippen LogP contribution in [0.5, 0.6) is 0 Å². The molecule has 0 saturated carbocycles. The Balaban J connectivity index is 2.08. The average Bonchev–Trinajstić information content (AvgIpc) is 2.65. The van der Waals surface area contributed by atoms with Crippen molar-refractivity contribution in [2.75, 3.05) is 0 Å².